The van der Waals surface area contributed by atoms with Gasteiger partial charge in [-0.1, -0.05) is 34.8 Å². The number of alkyl carbamates (subject to hydrolysis) is 1. The molecule has 0 aromatic heterocycles. The van der Waals surface area contributed by atoms with Crippen molar-refractivity contribution in [3.8, 4) is 0 Å². The first-order chi connectivity index (χ1) is 14.8. The van der Waals surface area contributed by atoms with Gasteiger partial charge < -0.3 is 20.1 Å². The second-order valence-electron chi connectivity index (χ2n) is 9.16. The Kier molecular flexibility index (Phi) is 10.2. The average Bonchev–Trinajstić information content (AvgIpc) is 2.70. The second-order valence-corrected chi connectivity index (χ2v) is 11.7. The van der Waals surface area contributed by atoms with Crippen molar-refractivity contribution < 1.29 is 23.9 Å². The number of nitrogens with zero attached hydrogens (tertiary/aromatic N) is 1. The predicted molar refractivity (Wildman–Crippen MR) is 122 cm³/mol. The topological polar surface area (TPSA) is 109 Å². The van der Waals surface area contributed by atoms with Gasteiger partial charge in [0, 0.05) is 6.54 Å². The molecule has 1 unspecified atom stereocenters. The van der Waals surface area contributed by atoms with Crippen molar-refractivity contribution in [3.63, 3.8) is 0 Å². The molecule has 32 heavy (non-hydrogen) atoms. The van der Waals surface area contributed by atoms with Crippen LogP contribution in [0.2, 0.25) is 0 Å². The summed E-state index contributed by atoms with van der Waals surface area (Å²) < 4.78 is 8.69. The Morgan fingerprint density at radius 2 is 1.78 bits per heavy atom. The molecule has 2 amide bonds. The number of ether oxygens (including phenoxy) is 2. The van der Waals surface area contributed by atoms with E-state index in [1.807, 2.05) is 0 Å². The Morgan fingerprint density at radius 1 is 1.12 bits per heavy atom. The quantitative estimate of drug-likeness (QED) is 0.369. The molecule has 12 heteroatoms. The number of nitrogens with one attached hydrogen (secondary N) is 3. The summed E-state index contributed by atoms with van der Waals surface area (Å²) in [4.78, 5) is 38.1. The molecule has 2 rings (SSSR count). The van der Waals surface area contributed by atoms with E-state index in [1.165, 1.54) is 5.01 Å². The van der Waals surface area contributed by atoms with E-state index < -0.39 is 33.5 Å². The third-order valence-corrected chi connectivity index (χ3v) is 5.46. The lowest BCUT2D eigenvalue weighted by Crippen LogP contribution is -2.60. The van der Waals surface area contributed by atoms with Gasteiger partial charge in [0.1, 0.15) is 24.3 Å². The van der Waals surface area contributed by atoms with Crippen LogP contribution in [0.15, 0.2) is 0 Å². The number of halogens is 3. The minimum atomic E-state index is -1.71. The lowest BCUT2D eigenvalue weighted by Gasteiger charge is -2.36. The summed E-state index contributed by atoms with van der Waals surface area (Å²) in [5, 5.41) is 7.39. The lowest BCUT2D eigenvalue weighted by atomic mass is 9.90. The van der Waals surface area contributed by atoms with Crippen molar-refractivity contribution in [1.82, 2.24) is 21.1 Å². The zero-order valence-corrected chi connectivity index (χ0v) is 21.0. The number of esters is 1. The minimum Gasteiger partial charge on any atom is -0.460 e. The number of alkyl halides is 3. The van der Waals surface area contributed by atoms with E-state index >= 15 is 0 Å². The molecule has 0 aliphatic carbocycles. The molecule has 0 radical (unpaired) electrons. The Bertz CT molecular complexity index is 663. The first kappa shape index (κ1) is 27.2. The van der Waals surface area contributed by atoms with Crippen LogP contribution in [-0.2, 0) is 19.1 Å². The van der Waals surface area contributed by atoms with Gasteiger partial charge in [-0.25, -0.2) is 10.2 Å². The van der Waals surface area contributed by atoms with Crippen LogP contribution < -0.4 is 16.1 Å². The molecule has 0 bridgehead atoms. The number of hydrogen-bond acceptors (Lipinski definition) is 7. The molecule has 2 aliphatic rings. The monoisotopic (exact) mass is 514 g/mol. The van der Waals surface area contributed by atoms with Gasteiger partial charge in [-0.15, -0.1) is 0 Å². The van der Waals surface area contributed by atoms with Crippen LogP contribution in [-0.4, -0.2) is 70.7 Å². The highest BCUT2D eigenvalue weighted by atomic mass is 35.6. The van der Waals surface area contributed by atoms with Gasteiger partial charge in [0.15, 0.2) is 0 Å². The van der Waals surface area contributed by atoms with Gasteiger partial charge in [0.25, 0.3) is 5.91 Å². The first-order valence-electron chi connectivity index (χ1n) is 10.9. The third-order valence-electron chi connectivity index (χ3n) is 5.13. The SMILES string of the molecule is CC(C)(C)OC(=O)NC(CC1CCNCC1)C(=O)N1CCC[C@@H](C(=O)OCC(Cl)(Cl)Cl)N1. The molecule has 184 valence electrons. The van der Waals surface area contributed by atoms with Crippen molar-refractivity contribution in [3.05, 3.63) is 0 Å². The van der Waals surface area contributed by atoms with Crippen LogP contribution in [0.25, 0.3) is 0 Å². The van der Waals surface area contributed by atoms with Crippen molar-refractivity contribution in [2.24, 2.45) is 5.92 Å². The van der Waals surface area contributed by atoms with Gasteiger partial charge in [0.05, 0.1) is 0 Å². The van der Waals surface area contributed by atoms with Gasteiger partial charge in [0.2, 0.25) is 3.79 Å². The largest absolute Gasteiger partial charge is 0.460 e. The molecule has 2 saturated heterocycles. The van der Waals surface area contributed by atoms with E-state index in [4.69, 9.17) is 44.3 Å². The van der Waals surface area contributed by atoms with E-state index in [-0.39, 0.29) is 18.4 Å². The van der Waals surface area contributed by atoms with Crippen LogP contribution in [0, 0.1) is 5.92 Å². The van der Waals surface area contributed by atoms with E-state index in [9.17, 15) is 14.4 Å². The van der Waals surface area contributed by atoms with Gasteiger partial charge in [-0.2, -0.15) is 0 Å². The van der Waals surface area contributed by atoms with Gasteiger partial charge in [-0.3, -0.25) is 14.6 Å². The molecule has 2 fully saturated rings. The fourth-order valence-electron chi connectivity index (χ4n) is 3.68. The summed E-state index contributed by atoms with van der Waals surface area (Å²) in [6.45, 7) is 7.03. The molecular formula is C20H33Cl3N4O5. The number of amides is 2. The van der Waals surface area contributed by atoms with Crippen molar-refractivity contribution in [2.75, 3.05) is 26.2 Å². The number of hydrazine groups is 1. The van der Waals surface area contributed by atoms with Crippen LogP contribution in [0.3, 0.4) is 0 Å². The Labute approximate surface area is 204 Å². The normalized spacial score (nSPS) is 21.6. The zero-order valence-electron chi connectivity index (χ0n) is 18.7. The summed E-state index contributed by atoms with van der Waals surface area (Å²) in [5.74, 6) is -0.646. The molecule has 9 nitrogen and oxygen atoms in total. The molecule has 2 atom stereocenters. The molecule has 3 N–H and O–H groups in total. The van der Waals surface area contributed by atoms with Crippen molar-refractivity contribution in [2.45, 2.75) is 74.4 Å². The fourth-order valence-corrected chi connectivity index (χ4v) is 3.84. The molecule has 0 saturated carbocycles. The Hall–Kier alpha value is -1.00. The van der Waals surface area contributed by atoms with Crippen molar-refractivity contribution >= 4 is 52.8 Å². The van der Waals surface area contributed by atoms with E-state index in [0.717, 1.165) is 25.9 Å². The summed E-state index contributed by atoms with van der Waals surface area (Å²) in [7, 11) is 0. The van der Waals surface area contributed by atoms with E-state index in [1.54, 1.807) is 20.8 Å². The standard InChI is InChI=1S/C20H33Cl3N4O5/c1-19(2,3)32-18(30)25-15(11-13-6-8-24-9-7-13)16(28)27-10-4-5-14(26-27)17(29)31-12-20(21,22)23/h13-15,24,26H,4-12H2,1-3H3,(H,25,30)/t14-,15?/m0/s1. The summed E-state index contributed by atoms with van der Waals surface area (Å²) >= 11 is 16.9. The maximum atomic E-state index is 13.3. The highest BCUT2D eigenvalue weighted by Crippen LogP contribution is 2.26. The molecular weight excluding hydrogens is 483 g/mol. The lowest BCUT2D eigenvalue weighted by molar-refractivity contribution is -0.152. The number of rotatable bonds is 6. The molecule has 2 aliphatic heterocycles. The van der Waals surface area contributed by atoms with E-state index in [0.29, 0.717) is 25.8 Å². The van der Waals surface area contributed by atoms with Crippen molar-refractivity contribution in [1.29, 1.82) is 0 Å². The summed E-state index contributed by atoms with van der Waals surface area (Å²) in [6, 6.07) is -1.53. The minimum absolute atomic E-state index is 0.287. The third kappa shape index (κ3) is 9.87. The molecule has 2 heterocycles. The fraction of sp³-hybridized carbons (Fsp3) is 0.850. The first-order valence-corrected chi connectivity index (χ1v) is 12.0. The number of carbonyl (C=O) groups is 3. The van der Waals surface area contributed by atoms with E-state index in [2.05, 4.69) is 16.1 Å². The van der Waals surface area contributed by atoms with Crippen LogP contribution in [0.4, 0.5) is 4.79 Å². The maximum Gasteiger partial charge on any atom is 0.408 e. The van der Waals surface area contributed by atoms with Crippen LogP contribution in [0.1, 0.15) is 52.9 Å². The highest BCUT2D eigenvalue weighted by molar-refractivity contribution is 6.67. The molecule has 0 spiro atoms. The zero-order chi connectivity index (χ0) is 23.9. The van der Waals surface area contributed by atoms with Gasteiger partial charge >= 0.3 is 12.1 Å². The maximum absolute atomic E-state index is 13.3. The smallest absolute Gasteiger partial charge is 0.408 e. The van der Waals surface area contributed by atoms with Crippen LogP contribution >= 0.6 is 34.8 Å². The molecule has 0 aromatic rings. The average molecular weight is 516 g/mol. The summed E-state index contributed by atoms with van der Waals surface area (Å²) in [5.41, 5.74) is 2.22. The summed E-state index contributed by atoms with van der Waals surface area (Å²) in [6.07, 6.45) is 2.72. The Morgan fingerprint density at radius 3 is 2.38 bits per heavy atom. The van der Waals surface area contributed by atoms with Crippen LogP contribution in [0.5, 0.6) is 0 Å². The van der Waals surface area contributed by atoms with Gasteiger partial charge in [-0.05, 0) is 71.9 Å². The predicted octanol–water partition coefficient (Wildman–Crippen LogP) is 2.68. The second kappa shape index (κ2) is 11.9. The number of piperidine rings is 1. The number of hydrogen-bond donors (Lipinski definition) is 3. The highest BCUT2D eigenvalue weighted by Gasteiger charge is 2.35. The Balaban J connectivity index is 2.03. The number of carbonyl (C=O) groups excluding carboxylic acids is 3. The molecule has 0 aromatic carbocycles.